The van der Waals surface area contributed by atoms with Gasteiger partial charge in [-0.05, 0) is 0 Å². The monoisotopic (exact) mass is 320 g/mol. The summed E-state index contributed by atoms with van der Waals surface area (Å²) in [6.45, 7) is 0. The van der Waals surface area contributed by atoms with Crippen LogP contribution >= 0.6 is 0 Å². The van der Waals surface area contributed by atoms with Crippen LogP contribution in [0.5, 0.6) is 11.5 Å². The van der Waals surface area contributed by atoms with Gasteiger partial charge in [0, 0.05) is 0 Å². The Labute approximate surface area is 119 Å². The Hall–Kier alpha value is -1.44. The van der Waals surface area contributed by atoms with Gasteiger partial charge in [0.1, 0.15) is 0 Å². The van der Waals surface area contributed by atoms with Crippen molar-refractivity contribution in [1.82, 2.24) is 0 Å². The normalized spacial score (nSPS) is 16.8. The van der Waals surface area contributed by atoms with Crippen molar-refractivity contribution in [3.8, 4) is 11.5 Å². The molecule has 1 unspecified atom stereocenters. The Morgan fingerprint density at radius 1 is 1.21 bits per heavy atom. The summed E-state index contributed by atoms with van der Waals surface area (Å²) in [5.74, 6) is 1.94. The molecule has 0 spiro atoms. The minimum absolute atomic E-state index is 0.322. The molecule has 0 aromatic heterocycles. The SMILES string of the molecule is COc1ccc2c(c1)CC(C[Se]c1ccccc1)O2. The molecule has 2 aromatic carbocycles. The summed E-state index contributed by atoms with van der Waals surface area (Å²) in [5, 5.41) is 1.12. The summed E-state index contributed by atoms with van der Waals surface area (Å²) in [7, 11) is 1.70. The first-order valence-corrected chi connectivity index (χ1v) is 8.43. The maximum atomic E-state index is 5.99. The quantitative estimate of drug-likeness (QED) is 0.806. The molecule has 0 amide bonds. The number of hydrogen-bond donors (Lipinski definition) is 0. The second-order valence-corrected chi connectivity index (χ2v) is 6.84. The van der Waals surface area contributed by atoms with Crippen LogP contribution in [0.4, 0.5) is 0 Å². The van der Waals surface area contributed by atoms with Crippen LogP contribution in [0.2, 0.25) is 5.32 Å². The zero-order chi connectivity index (χ0) is 13.1. The van der Waals surface area contributed by atoms with E-state index < -0.39 is 0 Å². The molecule has 1 aliphatic rings. The number of ether oxygens (including phenoxy) is 2. The minimum atomic E-state index is 0.322. The van der Waals surface area contributed by atoms with Crippen LogP contribution in [-0.2, 0) is 6.42 Å². The van der Waals surface area contributed by atoms with E-state index in [2.05, 4.69) is 36.4 Å². The molecule has 0 saturated heterocycles. The molecule has 1 atom stereocenters. The summed E-state index contributed by atoms with van der Waals surface area (Å²) in [6.07, 6.45) is 1.32. The van der Waals surface area contributed by atoms with Crippen molar-refractivity contribution in [2.75, 3.05) is 7.11 Å². The van der Waals surface area contributed by atoms with Crippen molar-refractivity contribution >= 4 is 19.4 Å². The average Bonchev–Trinajstić information content (AvgIpc) is 2.88. The summed E-state index contributed by atoms with van der Waals surface area (Å²) < 4.78 is 12.7. The Kier molecular flexibility index (Phi) is 3.76. The van der Waals surface area contributed by atoms with Crippen LogP contribution in [0.1, 0.15) is 5.56 Å². The van der Waals surface area contributed by atoms with Crippen LogP contribution in [0, 0.1) is 0 Å². The van der Waals surface area contributed by atoms with Crippen LogP contribution in [-0.4, -0.2) is 28.2 Å². The van der Waals surface area contributed by atoms with Crippen molar-refractivity contribution in [1.29, 1.82) is 0 Å². The summed E-state index contributed by atoms with van der Waals surface area (Å²) >= 11 is 0.484. The fraction of sp³-hybridized carbons (Fsp3) is 0.250. The van der Waals surface area contributed by atoms with Crippen LogP contribution in [0.15, 0.2) is 48.5 Å². The van der Waals surface area contributed by atoms with Crippen molar-refractivity contribution in [2.24, 2.45) is 0 Å². The van der Waals surface area contributed by atoms with Crippen molar-refractivity contribution in [3.05, 3.63) is 54.1 Å². The van der Waals surface area contributed by atoms with Gasteiger partial charge in [0.15, 0.2) is 0 Å². The number of benzene rings is 2. The van der Waals surface area contributed by atoms with E-state index in [9.17, 15) is 0 Å². The van der Waals surface area contributed by atoms with E-state index in [1.54, 1.807) is 7.11 Å². The molecule has 1 heterocycles. The summed E-state index contributed by atoms with van der Waals surface area (Å²) in [5.41, 5.74) is 1.27. The molecule has 98 valence electrons. The zero-order valence-corrected chi connectivity index (χ0v) is 12.5. The van der Waals surface area contributed by atoms with Crippen molar-refractivity contribution in [3.63, 3.8) is 0 Å². The van der Waals surface area contributed by atoms with Crippen molar-refractivity contribution in [2.45, 2.75) is 17.8 Å². The number of methoxy groups -OCH3 is 1. The predicted molar refractivity (Wildman–Crippen MR) is 77.8 cm³/mol. The van der Waals surface area contributed by atoms with Crippen LogP contribution in [0.25, 0.3) is 0 Å². The predicted octanol–water partition coefficient (Wildman–Crippen LogP) is 2.45. The third kappa shape index (κ3) is 2.94. The topological polar surface area (TPSA) is 18.5 Å². The van der Waals surface area contributed by atoms with E-state index in [4.69, 9.17) is 9.47 Å². The molecule has 0 bridgehead atoms. The third-order valence-electron chi connectivity index (χ3n) is 3.19. The molecule has 3 rings (SSSR count). The van der Waals surface area contributed by atoms with E-state index in [1.807, 2.05) is 12.1 Å². The fourth-order valence-corrected chi connectivity index (χ4v) is 4.14. The molecule has 0 N–H and O–H groups in total. The van der Waals surface area contributed by atoms with E-state index >= 15 is 0 Å². The Morgan fingerprint density at radius 3 is 2.84 bits per heavy atom. The summed E-state index contributed by atoms with van der Waals surface area (Å²) in [6, 6.07) is 16.7. The molecule has 1 aliphatic heterocycles. The Balaban J connectivity index is 1.61. The molecular weight excluding hydrogens is 303 g/mol. The third-order valence-corrected chi connectivity index (χ3v) is 5.59. The van der Waals surface area contributed by atoms with E-state index in [0.29, 0.717) is 21.1 Å². The average molecular weight is 319 g/mol. The first kappa shape index (κ1) is 12.6. The second-order valence-electron chi connectivity index (χ2n) is 4.54. The second kappa shape index (κ2) is 5.68. The first-order valence-electron chi connectivity index (χ1n) is 6.36. The van der Waals surface area contributed by atoms with Crippen LogP contribution in [0.3, 0.4) is 0 Å². The van der Waals surface area contributed by atoms with Gasteiger partial charge in [0.25, 0.3) is 0 Å². The zero-order valence-electron chi connectivity index (χ0n) is 10.8. The van der Waals surface area contributed by atoms with Crippen LogP contribution < -0.4 is 13.9 Å². The molecule has 0 saturated carbocycles. The van der Waals surface area contributed by atoms with Gasteiger partial charge in [-0.1, -0.05) is 0 Å². The summed E-state index contributed by atoms with van der Waals surface area (Å²) in [4.78, 5) is 0. The Bertz CT molecular complexity index is 554. The number of fused-ring (bicyclic) bond motifs is 1. The molecule has 0 aliphatic carbocycles. The number of hydrogen-bond acceptors (Lipinski definition) is 2. The molecule has 0 radical (unpaired) electrons. The fourth-order valence-electron chi connectivity index (χ4n) is 2.22. The molecule has 0 fully saturated rings. The van der Waals surface area contributed by atoms with Gasteiger partial charge in [-0.3, -0.25) is 0 Å². The van der Waals surface area contributed by atoms with Gasteiger partial charge in [0.05, 0.1) is 0 Å². The molecule has 3 heteroatoms. The Morgan fingerprint density at radius 2 is 2.05 bits per heavy atom. The number of rotatable bonds is 4. The first-order chi connectivity index (χ1) is 9.35. The molecule has 2 aromatic rings. The molecule has 2 nitrogen and oxygen atoms in total. The molecule has 19 heavy (non-hydrogen) atoms. The standard InChI is InChI=1S/C16H16O2Se/c1-17-13-7-8-16-12(9-13)10-14(18-16)11-19-15-5-3-2-4-6-15/h2-9,14H,10-11H2,1H3. The maximum absolute atomic E-state index is 5.99. The van der Waals surface area contributed by atoms with Gasteiger partial charge in [-0.2, -0.15) is 0 Å². The van der Waals surface area contributed by atoms with Gasteiger partial charge in [0.2, 0.25) is 0 Å². The van der Waals surface area contributed by atoms with Gasteiger partial charge < -0.3 is 0 Å². The van der Waals surface area contributed by atoms with Gasteiger partial charge >= 0.3 is 119 Å². The van der Waals surface area contributed by atoms with E-state index in [1.165, 1.54) is 10.0 Å². The van der Waals surface area contributed by atoms with E-state index in [0.717, 1.165) is 23.2 Å². The van der Waals surface area contributed by atoms with Gasteiger partial charge in [-0.25, -0.2) is 0 Å². The van der Waals surface area contributed by atoms with Gasteiger partial charge in [-0.15, -0.1) is 0 Å². The van der Waals surface area contributed by atoms with E-state index in [-0.39, 0.29) is 0 Å². The molecular formula is C16H16O2Se. The van der Waals surface area contributed by atoms with Crippen molar-refractivity contribution < 1.29 is 9.47 Å².